The quantitative estimate of drug-likeness (QED) is 0.636. The van der Waals surface area contributed by atoms with Crippen LogP contribution in [0.1, 0.15) is 0 Å². The number of nitrogens with one attached hydrogen (secondary N) is 2. The molecule has 1 heterocycles. The lowest BCUT2D eigenvalue weighted by Crippen LogP contribution is -2.10. The van der Waals surface area contributed by atoms with Crippen molar-refractivity contribution in [1.82, 2.24) is 9.97 Å². The number of rotatable bonds is 7. The van der Waals surface area contributed by atoms with Gasteiger partial charge in [0.25, 0.3) is 0 Å². The van der Waals surface area contributed by atoms with E-state index >= 15 is 0 Å². The fourth-order valence-electron chi connectivity index (χ4n) is 2.29. The molecule has 0 amide bonds. The average molecular weight is 338 g/mol. The van der Waals surface area contributed by atoms with Crippen molar-refractivity contribution < 1.29 is 9.13 Å². The maximum Gasteiger partial charge on any atom is 0.229 e. The van der Waals surface area contributed by atoms with Gasteiger partial charge < -0.3 is 15.4 Å². The van der Waals surface area contributed by atoms with Crippen LogP contribution < -0.4 is 10.6 Å². The fourth-order valence-corrected chi connectivity index (χ4v) is 2.29. The van der Waals surface area contributed by atoms with Gasteiger partial charge in [0, 0.05) is 31.0 Å². The summed E-state index contributed by atoms with van der Waals surface area (Å²) in [5.74, 6) is 0.842. The first-order chi connectivity index (χ1) is 12.2. The van der Waals surface area contributed by atoms with Gasteiger partial charge in [0.15, 0.2) is 0 Å². The Labute approximate surface area is 145 Å². The molecule has 0 aliphatic heterocycles. The number of benzene rings is 2. The maximum atomic E-state index is 13.1. The minimum atomic E-state index is -0.286. The minimum Gasteiger partial charge on any atom is -0.383 e. The summed E-state index contributed by atoms with van der Waals surface area (Å²) >= 11 is 0. The van der Waals surface area contributed by atoms with Gasteiger partial charge in [-0.1, -0.05) is 30.3 Å². The SMILES string of the molecule is COCCNc1cc(-c2ccccc2)nc(Nc2ccc(F)cc2)n1. The second kappa shape index (κ2) is 8.21. The number of methoxy groups -OCH3 is 1. The second-order valence-corrected chi connectivity index (χ2v) is 5.38. The van der Waals surface area contributed by atoms with Gasteiger partial charge in [-0.3, -0.25) is 0 Å². The molecule has 0 saturated heterocycles. The molecule has 0 spiro atoms. The predicted molar refractivity (Wildman–Crippen MR) is 97.5 cm³/mol. The van der Waals surface area contributed by atoms with E-state index in [0.29, 0.717) is 24.9 Å². The summed E-state index contributed by atoms with van der Waals surface area (Å²) in [6.07, 6.45) is 0. The van der Waals surface area contributed by atoms with Crippen molar-refractivity contribution in [1.29, 1.82) is 0 Å². The van der Waals surface area contributed by atoms with E-state index in [1.807, 2.05) is 36.4 Å². The molecule has 0 fully saturated rings. The van der Waals surface area contributed by atoms with Gasteiger partial charge in [-0.05, 0) is 24.3 Å². The number of anilines is 3. The number of hydrogen-bond acceptors (Lipinski definition) is 5. The molecule has 2 aromatic carbocycles. The molecule has 2 N–H and O–H groups in total. The molecule has 0 radical (unpaired) electrons. The zero-order valence-corrected chi connectivity index (χ0v) is 13.9. The highest BCUT2D eigenvalue weighted by molar-refractivity contribution is 5.66. The van der Waals surface area contributed by atoms with E-state index in [-0.39, 0.29) is 5.82 Å². The largest absolute Gasteiger partial charge is 0.383 e. The van der Waals surface area contributed by atoms with Gasteiger partial charge in [-0.15, -0.1) is 0 Å². The number of hydrogen-bond donors (Lipinski definition) is 2. The molecule has 0 aliphatic rings. The highest BCUT2D eigenvalue weighted by Crippen LogP contribution is 2.23. The van der Waals surface area contributed by atoms with Crippen LogP contribution in [0, 0.1) is 5.82 Å². The highest BCUT2D eigenvalue weighted by atomic mass is 19.1. The summed E-state index contributed by atoms with van der Waals surface area (Å²) < 4.78 is 18.1. The number of ether oxygens (including phenoxy) is 1. The predicted octanol–water partition coefficient (Wildman–Crippen LogP) is 4.08. The van der Waals surface area contributed by atoms with E-state index < -0.39 is 0 Å². The van der Waals surface area contributed by atoms with Crippen molar-refractivity contribution in [3.63, 3.8) is 0 Å². The molecule has 0 atom stereocenters. The van der Waals surface area contributed by atoms with Crippen LogP contribution in [0.15, 0.2) is 60.7 Å². The van der Waals surface area contributed by atoms with Crippen LogP contribution in [0.2, 0.25) is 0 Å². The molecule has 0 aliphatic carbocycles. The first-order valence-electron chi connectivity index (χ1n) is 7.94. The van der Waals surface area contributed by atoms with Crippen LogP contribution in [0.25, 0.3) is 11.3 Å². The van der Waals surface area contributed by atoms with Crippen molar-refractivity contribution in [3.05, 3.63) is 66.5 Å². The van der Waals surface area contributed by atoms with Crippen molar-refractivity contribution in [2.24, 2.45) is 0 Å². The molecular weight excluding hydrogens is 319 g/mol. The molecule has 6 heteroatoms. The Morgan fingerprint density at radius 2 is 1.76 bits per heavy atom. The first kappa shape index (κ1) is 16.9. The second-order valence-electron chi connectivity index (χ2n) is 5.38. The van der Waals surface area contributed by atoms with Crippen molar-refractivity contribution in [2.75, 3.05) is 30.9 Å². The summed E-state index contributed by atoms with van der Waals surface area (Å²) in [6.45, 7) is 1.21. The topological polar surface area (TPSA) is 59.1 Å². The summed E-state index contributed by atoms with van der Waals surface area (Å²) in [4.78, 5) is 9.03. The van der Waals surface area contributed by atoms with E-state index in [4.69, 9.17) is 4.74 Å². The molecule has 3 rings (SSSR count). The third-order valence-electron chi connectivity index (χ3n) is 3.51. The number of nitrogens with zero attached hydrogens (tertiary/aromatic N) is 2. The Morgan fingerprint density at radius 1 is 1.00 bits per heavy atom. The Morgan fingerprint density at radius 3 is 2.48 bits per heavy atom. The standard InChI is InChI=1S/C19H19FN4O/c1-25-12-11-21-18-13-17(14-5-3-2-4-6-14)23-19(24-18)22-16-9-7-15(20)8-10-16/h2-10,13H,11-12H2,1H3,(H2,21,22,23,24). The third kappa shape index (κ3) is 4.74. The summed E-state index contributed by atoms with van der Waals surface area (Å²) in [5.41, 5.74) is 2.50. The maximum absolute atomic E-state index is 13.1. The summed E-state index contributed by atoms with van der Waals surface area (Å²) in [5, 5.41) is 6.33. The Bertz CT molecular complexity index is 809. The lowest BCUT2D eigenvalue weighted by Gasteiger charge is -2.11. The smallest absolute Gasteiger partial charge is 0.229 e. The van der Waals surface area contributed by atoms with Crippen LogP contribution >= 0.6 is 0 Å². The van der Waals surface area contributed by atoms with Crippen molar-refractivity contribution in [3.8, 4) is 11.3 Å². The Hall–Kier alpha value is -2.99. The normalized spacial score (nSPS) is 10.5. The van der Waals surface area contributed by atoms with Gasteiger partial charge in [0.1, 0.15) is 11.6 Å². The lowest BCUT2D eigenvalue weighted by molar-refractivity contribution is 0.210. The van der Waals surface area contributed by atoms with Gasteiger partial charge >= 0.3 is 0 Å². The third-order valence-corrected chi connectivity index (χ3v) is 3.51. The van der Waals surface area contributed by atoms with Crippen LogP contribution in [-0.4, -0.2) is 30.2 Å². The Kier molecular flexibility index (Phi) is 5.53. The molecule has 25 heavy (non-hydrogen) atoms. The van der Waals surface area contributed by atoms with Crippen LogP contribution in [-0.2, 0) is 4.74 Å². The molecule has 128 valence electrons. The lowest BCUT2D eigenvalue weighted by atomic mass is 10.1. The molecule has 1 aromatic heterocycles. The Balaban J connectivity index is 1.89. The van der Waals surface area contributed by atoms with Gasteiger partial charge in [-0.2, -0.15) is 4.98 Å². The van der Waals surface area contributed by atoms with E-state index in [9.17, 15) is 4.39 Å². The summed E-state index contributed by atoms with van der Waals surface area (Å²) in [6, 6.07) is 17.8. The van der Waals surface area contributed by atoms with Crippen LogP contribution in [0.5, 0.6) is 0 Å². The van der Waals surface area contributed by atoms with E-state index in [1.54, 1.807) is 19.2 Å². The molecule has 3 aromatic rings. The zero-order valence-electron chi connectivity index (χ0n) is 13.9. The van der Waals surface area contributed by atoms with E-state index in [0.717, 1.165) is 16.9 Å². The molecular formula is C19H19FN4O. The monoisotopic (exact) mass is 338 g/mol. The molecule has 0 unspecified atom stereocenters. The fraction of sp³-hybridized carbons (Fsp3) is 0.158. The molecule has 0 saturated carbocycles. The van der Waals surface area contributed by atoms with Crippen molar-refractivity contribution in [2.45, 2.75) is 0 Å². The molecule has 0 bridgehead atoms. The minimum absolute atomic E-state index is 0.286. The van der Waals surface area contributed by atoms with Crippen molar-refractivity contribution >= 4 is 17.5 Å². The van der Waals surface area contributed by atoms with Crippen LogP contribution in [0.3, 0.4) is 0 Å². The van der Waals surface area contributed by atoms with Gasteiger partial charge in [0.2, 0.25) is 5.95 Å². The summed E-state index contributed by atoms with van der Waals surface area (Å²) in [7, 11) is 1.65. The zero-order chi connectivity index (χ0) is 17.5. The van der Waals surface area contributed by atoms with E-state index in [2.05, 4.69) is 20.6 Å². The number of halogens is 1. The van der Waals surface area contributed by atoms with Gasteiger partial charge in [-0.25, -0.2) is 9.37 Å². The van der Waals surface area contributed by atoms with Crippen LogP contribution in [0.4, 0.5) is 21.8 Å². The highest BCUT2D eigenvalue weighted by Gasteiger charge is 2.07. The first-order valence-corrected chi connectivity index (χ1v) is 7.94. The van der Waals surface area contributed by atoms with Gasteiger partial charge in [0.05, 0.1) is 12.3 Å². The molecule has 5 nitrogen and oxygen atoms in total. The average Bonchev–Trinajstić information content (AvgIpc) is 2.64. The van der Waals surface area contributed by atoms with E-state index in [1.165, 1.54) is 12.1 Å². The number of aromatic nitrogens is 2.